The summed E-state index contributed by atoms with van der Waals surface area (Å²) in [4.78, 5) is 2.91. The van der Waals surface area contributed by atoms with E-state index in [1.165, 1.54) is 4.57 Å². The van der Waals surface area contributed by atoms with E-state index < -0.39 is 0 Å². The van der Waals surface area contributed by atoms with Gasteiger partial charge in [0.15, 0.2) is 4.77 Å². The molecule has 1 aliphatic rings. The van der Waals surface area contributed by atoms with Crippen molar-refractivity contribution in [3.8, 4) is 18.2 Å². The minimum Gasteiger partial charge on any atom is -0.493 e. The number of azo groups is 1. The molecule has 0 radical (unpaired) electrons. The Morgan fingerprint density at radius 2 is 2.20 bits per heavy atom. The highest BCUT2D eigenvalue weighted by molar-refractivity contribution is 7.71. The first-order valence-corrected chi connectivity index (χ1v) is 6.29. The average Bonchev–Trinajstić information content (AvgIpc) is 2.97. The number of benzene rings is 1. The number of aromatic hydroxyl groups is 1. The molecule has 0 fully saturated rings. The molecule has 0 unspecified atom stereocenters. The molecule has 20 heavy (non-hydrogen) atoms. The molecule has 0 aliphatic carbocycles. The van der Waals surface area contributed by atoms with Gasteiger partial charge < -0.3 is 10.1 Å². The first kappa shape index (κ1) is 12.4. The number of rotatable bonds is 2. The van der Waals surface area contributed by atoms with Crippen LogP contribution >= 0.6 is 12.2 Å². The van der Waals surface area contributed by atoms with Crippen molar-refractivity contribution in [2.24, 2.45) is 10.2 Å². The average molecular weight is 282 g/mol. The Morgan fingerprint density at radius 1 is 1.40 bits per heavy atom. The summed E-state index contributed by atoms with van der Waals surface area (Å²) < 4.78 is 1.82. The van der Waals surface area contributed by atoms with Crippen LogP contribution in [-0.4, -0.2) is 14.7 Å². The lowest BCUT2D eigenvalue weighted by Crippen LogP contribution is -1.93. The van der Waals surface area contributed by atoms with Gasteiger partial charge in [-0.25, -0.2) is 0 Å². The van der Waals surface area contributed by atoms with Crippen molar-refractivity contribution in [2.45, 2.75) is 6.54 Å². The molecule has 0 saturated heterocycles. The Hall–Kier alpha value is -2.65. The van der Waals surface area contributed by atoms with Crippen molar-refractivity contribution in [3.05, 3.63) is 40.3 Å². The number of imidazole rings is 1. The van der Waals surface area contributed by atoms with E-state index in [-0.39, 0.29) is 12.4 Å². The van der Waals surface area contributed by atoms with Crippen molar-refractivity contribution >= 4 is 29.7 Å². The summed E-state index contributed by atoms with van der Waals surface area (Å²) in [7, 11) is 0. The molecule has 98 valence electrons. The molecule has 1 aromatic carbocycles. The third-order valence-electron chi connectivity index (χ3n) is 2.96. The minimum absolute atomic E-state index is 0.0000288. The number of hydrogen-bond donors (Lipinski definition) is 2. The summed E-state index contributed by atoms with van der Waals surface area (Å²) in [6.07, 6.45) is 6.95. The zero-order chi connectivity index (χ0) is 14.1. The van der Waals surface area contributed by atoms with Gasteiger partial charge in [0, 0.05) is 5.56 Å². The van der Waals surface area contributed by atoms with Crippen LogP contribution in [0, 0.1) is 17.1 Å². The zero-order valence-corrected chi connectivity index (χ0v) is 11.2. The zero-order valence-electron chi connectivity index (χ0n) is 10.4. The van der Waals surface area contributed by atoms with Gasteiger partial charge in [-0.3, -0.25) is 4.57 Å². The Bertz CT molecular complexity index is 836. The monoisotopic (exact) mass is 282 g/mol. The highest BCUT2D eigenvalue weighted by atomic mass is 32.1. The second-order valence-electron chi connectivity index (χ2n) is 4.20. The quantitative estimate of drug-likeness (QED) is 0.654. The van der Waals surface area contributed by atoms with Crippen LogP contribution in [0.3, 0.4) is 0 Å². The van der Waals surface area contributed by atoms with Crippen LogP contribution in [0.4, 0.5) is 5.69 Å². The van der Waals surface area contributed by atoms with E-state index in [0.717, 1.165) is 11.3 Å². The van der Waals surface area contributed by atoms with Gasteiger partial charge in [-0.1, -0.05) is 24.1 Å². The van der Waals surface area contributed by atoms with Crippen molar-refractivity contribution in [1.82, 2.24) is 9.55 Å². The van der Waals surface area contributed by atoms with Gasteiger partial charge in [-0.2, -0.15) is 0 Å². The molecule has 2 aromatic rings. The molecule has 3 rings (SSSR count). The highest BCUT2D eigenvalue weighted by Crippen LogP contribution is 2.36. The van der Waals surface area contributed by atoms with Crippen LogP contribution in [0.1, 0.15) is 11.3 Å². The first-order chi connectivity index (χ1) is 9.70. The maximum Gasteiger partial charge on any atom is 0.218 e. The second-order valence-corrected chi connectivity index (χ2v) is 4.59. The SMILES string of the molecule is C#CCn1c(O)c(/C=C2\N=Nc3ccccc32)[nH]c1=S. The Morgan fingerprint density at radius 3 is 3.00 bits per heavy atom. The van der Waals surface area contributed by atoms with Crippen molar-refractivity contribution < 1.29 is 5.11 Å². The topological polar surface area (TPSA) is 65.7 Å². The molecular weight excluding hydrogens is 272 g/mol. The summed E-state index contributed by atoms with van der Waals surface area (Å²) in [6.45, 7) is 0.211. The van der Waals surface area contributed by atoms with Crippen LogP contribution in [-0.2, 0) is 6.54 Å². The number of aromatic amines is 1. The van der Waals surface area contributed by atoms with Crippen molar-refractivity contribution in [1.29, 1.82) is 0 Å². The van der Waals surface area contributed by atoms with Crippen LogP contribution < -0.4 is 0 Å². The van der Waals surface area contributed by atoms with Gasteiger partial charge in [-0.15, -0.1) is 16.7 Å². The Labute approximate surface area is 120 Å². The normalized spacial score (nSPS) is 14.4. The molecule has 1 aliphatic heterocycles. The van der Waals surface area contributed by atoms with Crippen molar-refractivity contribution in [3.63, 3.8) is 0 Å². The van der Waals surface area contributed by atoms with Crippen LogP contribution in [0.15, 0.2) is 34.5 Å². The molecule has 0 bridgehead atoms. The predicted octanol–water partition coefficient (Wildman–Crippen LogP) is 3.48. The number of hydrogen-bond acceptors (Lipinski definition) is 4. The van der Waals surface area contributed by atoms with E-state index in [0.29, 0.717) is 16.2 Å². The summed E-state index contributed by atoms with van der Waals surface area (Å²) in [5.74, 6) is 2.44. The lowest BCUT2D eigenvalue weighted by molar-refractivity contribution is 0.425. The van der Waals surface area contributed by atoms with Gasteiger partial charge in [0.25, 0.3) is 0 Å². The van der Waals surface area contributed by atoms with E-state index in [1.807, 2.05) is 24.3 Å². The van der Waals surface area contributed by atoms with Gasteiger partial charge in [0.1, 0.15) is 5.69 Å². The molecule has 6 heteroatoms. The van der Waals surface area contributed by atoms with Crippen LogP contribution in [0.25, 0.3) is 11.8 Å². The van der Waals surface area contributed by atoms with E-state index >= 15 is 0 Å². The summed E-state index contributed by atoms with van der Waals surface area (Å²) >= 11 is 5.11. The predicted molar refractivity (Wildman–Crippen MR) is 78.9 cm³/mol. The van der Waals surface area contributed by atoms with Gasteiger partial charge in [0.05, 0.1) is 17.9 Å². The van der Waals surface area contributed by atoms with Crippen LogP contribution in [0.2, 0.25) is 0 Å². The molecule has 0 amide bonds. The first-order valence-electron chi connectivity index (χ1n) is 5.89. The van der Waals surface area contributed by atoms with Crippen LogP contribution in [0.5, 0.6) is 5.88 Å². The smallest absolute Gasteiger partial charge is 0.218 e. The third kappa shape index (κ3) is 1.94. The number of terminal acetylenes is 1. The molecule has 5 nitrogen and oxygen atoms in total. The summed E-state index contributed by atoms with van der Waals surface area (Å²) in [6, 6.07) is 7.61. The maximum atomic E-state index is 10.1. The van der Waals surface area contributed by atoms with Crippen molar-refractivity contribution in [2.75, 3.05) is 0 Å². The standard InChI is InChI=1S/C14H10N4OS/c1-2-7-18-13(19)12(15-14(18)20)8-11-9-5-3-4-6-10(9)16-17-11/h1,3-6,8,19H,7H2,(H,15,20)/b11-8-. The number of fused-ring (bicyclic) bond motifs is 1. The molecule has 0 spiro atoms. The molecular formula is C14H10N4OS. The van der Waals surface area contributed by atoms with Gasteiger partial charge in [0.2, 0.25) is 5.88 Å². The fraction of sp³-hybridized carbons (Fsp3) is 0.0714. The lowest BCUT2D eigenvalue weighted by Gasteiger charge is -1.98. The molecule has 2 N–H and O–H groups in total. The third-order valence-corrected chi connectivity index (χ3v) is 3.28. The number of aromatic nitrogens is 2. The lowest BCUT2D eigenvalue weighted by atomic mass is 10.1. The van der Waals surface area contributed by atoms with Gasteiger partial charge in [-0.05, 0) is 24.4 Å². The molecule has 2 heterocycles. The number of nitrogens with one attached hydrogen (secondary N) is 1. The Balaban J connectivity index is 2.08. The molecule has 1 aromatic heterocycles. The number of H-pyrrole nitrogens is 1. The molecule has 0 atom stereocenters. The van der Waals surface area contributed by atoms with E-state index in [1.54, 1.807) is 6.08 Å². The fourth-order valence-corrected chi connectivity index (χ4v) is 2.26. The fourth-order valence-electron chi connectivity index (χ4n) is 2.00. The largest absolute Gasteiger partial charge is 0.493 e. The highest BCUT2D eigenvalue weighted by Gasteiger charge is 2.15. The maximum absolute atomic E-state index is 10.1. The second kappa shape index (κ2) is 4.79. The van der Waals surface area contributed by atoms with E-state index in [9.17, 15) is 5.11 Å². The van der Waals surface area contributed by atoms with E-state index in [4.69, 9.17) is 18.6 Å². The summed E-state index contributed by atoms with van der Waals surface area (Å²) in [5.41, 5.74) is 2.85. The van der Waals surface area contributed by atoms with Gasteiger partial charge >= 0.3 is 0 Å². The van der Waals surface area contributed by atoms with E-state index in [2.05, 4.69) is 21.1 Å². The summed E-state index contributed by atoms with van der Waals surface area (Å²) in [5, 5.41) is 18.3. The number of nitrogens with zero attached hydrogens (tertiary/aromatic N) is 3. The molecule has 0 saturated carbocycles. The Kier molecular flexibility index (Phi) is 2.97. The minimum atomic E-state index is 0.0000288.